The SMILES string of the molecule is Cc1ccc(N(CC(=O)N=Nc2c(O)[nH]c3ccccc23)S(=O)(=O)c2ccc(OCCN3CCOCC3)cc2)cc1.O=C(CN(c1ccc(Cl)cc1)S(=O)(=O)c1ccc(OCCN2CCOCC2)cc1)N=Nc1c(O)[nH]c2ccccc12. The van der Waals surface area contributed by atoms with E-state index >= 15 is 0 Å². The van der Waals surface area contributed by atoms with Crippen LogP contribution in [0.1, 0.15) is 5.56 Å². The number of benzene rings is 6. The van der Waals surface area contributed by atoms with E-state index in [1.165, 1.54) is 48.5 Å². The molecule has 25 heteroatoms. The van der Waals surface area contributed by atoms with Crippen molar-refractivity contribution in [2.24, 2.45) is 20.5 Å². The number of halogens is 1. The van der Waals surface area contributed by atoms with Crippen molar-refractivity contribution < 1.29 is 55.6 Å². The lowest BCUT2D eigenvalue weighted by Crippen LogP contribution is -2.38. The number of H-pyrrole nitrogens is 2. The van der Waals surface area contributed by atoms with Crippen molar-refractivity contribution in [2.45, 2.75) is 16.7 Å². The van der Waals surface area contributed by atoms with Crippen molar-refractivity contribution in [1.82, 2.24) is 19.8 Å². The van der Waals surface area contributed by atoms with Gasteiger partial charge in [0.1, 0.15) is 37.8 Å². The lowest BCUT2D eigenvalue weighted by atomic mass is 10.2. The van der Waals surface area contributed by atoms with E-state index in [-0.39, 0.29) is 38.6 Å². The van der Waals surface area contributed by atoms with E-state index < -0.39 is 45.0 Å². The number of amides is 2. The standard InChI is InChI=1S/C29H31N5O6S.C28H28ClN5O6S/c1-21-6-8-22(9-7-21)34(20-27(35)31-32-28-25-4-2-3-5-26(25)30-29(28)36)41(37,38)24-12-10-23(11-13-24)40-19-16-33-14-17-39-18-15-33;29-20-5-7-21(8-6-20)34(19-26(35)31-32-27-24-3-1-2-4-25(24)30-28(27)36)41(37,38)23-11-9-22(10-12-23)40-18-15-33-13-16-39-17-14-33/h2-13,30,36H,14-20H2,1H3;1-12,30,36H,13-19H2. The maximum absolute atomic E-state index is 13.7. The molecule has 2 aromatic heterocycles. The van der Waals surface area contributed by atoms with Gasteiger partial charge in [0.25, 0.3) is 31.9 Å². The van der Waals surface area contributed by atoms with E-state index in [0.717, 1.165) is 53.4 Å². The smallest absolute Gasteiger partial charge is 0.285 e. The third-order valence-electron chi connectivity index (χ3n) is 13.2. The van der Waals surface area contributed by atoms with Crippen LogP contribution in [0.5, 0.6) is 23.3 Å². The van der Waals surface area contributed by atoms with Crippen molar-refractivity contribution in [2.75, 3.05) is 101 Å². The molecule has 22 nitrogen and oxygen atoms in total. The van der Waals surface area contributed by atoms with Gasteiger partial charge in [0, 0.05) is 55.1 Å². The molecular formula is C57H59ClN10O12S2. The van der Waals surface area contributed by atoms with Crippen LogP contribution in [0.2, 0.25) is 5.02 Å². The topological polar surface area (TPSA) is 274 Å². The Morgan fingerprint density at radius 3 is 1.34 bits per heavy atom. The first-order valence-electron chi connectivity index (χ1n) is 26.0. The summed E-state index contributed by atoms with van der Waals surface area (Å²) >= 11 is 6.01. The number of aromatic hydroxyl groups is 2. The molecule has 2 aliphatic rings. The van der Waals surface area contributed by atoms with Gasteiger partial charge in [-0.15, -0.1) is 20.5 Å². The van der Waals surface area contributed by atoms with E-state index in [4.69, 9.17) is 30.5 Å². The fourth-order valence-electron chi connectivity index (χ4n) is 8.80. The maximum atomic E-state index is 13.7. The lowest BCUT2D eigenvalue weighted by molar-refractivity contribution is -0.117. The Morgan fingerprint density at radius 1 is 0.561 bits per heavy atom. The molecule has 0 spiro atoms. The average molecular weight is 1180 g/mol. The summed E-state index contributed by atoms with van der Waals surface area (Å²) < 4.78 is 79.2. The summed E-state index contributed by atoms with van der Waals surface area (Å²) in [6.45, 7) is 9.30. The van der Waals surface area contributed by atoms with Crippen LogP contribution >= 0.6 is 11.6 Å². The van der Waals surface area contributed by atoms with Crippen molar-refractivity contribution in [1.29, 1.82) is 0 Å². The predicted molar refractivity (Wildman–Crippen MR) is 309 cm³/mol. The monoisotopic (exact) mass is 1170 g/mol. The summed E-state index contributed by atoms with van der Waals surface area (Å²) in [7, 11) is -8.35. The third-order valence-corrected chi connectivity index (χ3v) is 17.0. The number of nitrogens with one attached hydrogen (secondary N) is 2. The van der Waals surface area contributed by atoms with Gasteiger partial charge in [-0.05, 0) is 104 Å². The lowest BCUT2D eigenvalue weighted by Gasteiger charge is -2.26. The Bertz CT molecular complexity index is 3510. The largest absolute Gasteiger partial charge is 0.493 e. The molecule has 0 atom stereocenters. The molecule has 8 aromatic rings. The van der Waals surface area contributed by atoms with Crippen LogP contribution in [0.4, 0.5) is 22.7 Å². The summed E-state index contributed by atoms with van der Waals surface area (Å²) in [5.74, 6) is -1.06. The molecule has 6 aromatic carbocycles. The second-order valence-electron chi connectivity index (χ2n) is 18.8. The average Bonchev–Trinajstić information content (AvgIpc) is 4.05. The summed E-state index contributed by atoms with van der Waals surface area (Å²) in [6.07, 6.45) is 0. The number of fused-ring (bicyclic) bond motifs is 2. The van der Waals surface area contributed by atoms with Crippen molar-refractivity contribution in [3.63, 3.8) is 0 Å². The predicted octanol–water partition coefficient (Wildman–Crippen LogP) is 9.14. The van der Waals surface area contributed by atoms with Crippen LogP contribution in [-0.4, -0.2) is 151 Å². The van der Waals surface area contributed by atoms with E-state index in [2.05, 4.69) is 40.2 Å². The van der Waals surface area contributed by atoms with Crippen molar-refractivity contribution >= 4 is 88.0 Å². The quantitative estimate of drug-likeness (QED) is 0.0518. The van der Waals surface area contributed by atoms with Crippen LogP contribution in [0.3, 0.4) is 0 Å². The van der Waals surface area contributed by atoms with Crippen molar-refractivity contribution in [3.05, 3.63) is 156 Å². The number of carbonyl (C=O) groups excluding carboxylic acids is 2. The van der Waals surface area contributed by atoms with Gasteiger partial charge in [-0.1, -0.05) is 65.7 Å². The van der Waals surface area contributed by atoms with E-state index in [1.54, 1.807) is 97.1 Å². The molecule has 4 N–H and O–H groups in total. The number of azo groups is 2. The minimum absolute atomic E-state index is 0.00221. The number of para-hydroxylation sites is 2. The zero-order valence-corrected chi connectivity index (χ0v) is 46.9. The Hall–Kier alpha value is -8.23. The minimum atomic E-state index is -4.20. The molecule has 2 amide bonds. The summed E-state index contributed by atoms with van der Waals surface area (Å²) in [5.41, 5.74) is 2.89. The number of aryl methyl sites for hydroxylation is 1. The number of nitrogens with zero attached hydrogens (tertiary/aromatic N) is 8. The normalized spacial score (nSPS) is 14.5. The number of sulfonamides is 2. The highest BCUT2D eigenvalue weighted by Gasteiger charge is 2.30. The molecule has 2 saturated heterocycles. The highest BCUT2D eigenvalue weighted by Crippen LogP contribution is 2.37. The minimum Gasteiger partial charge on any atom is -0.493 e. The molecule has 428 valence electrons. The Kier molecular flexibility index (Phi) is 19.3. The molecule has 10 rings (SSSR count). The van der Waals surface area contributed by atoms with Crippen molar-refractivity contribution in [3.8, 4) is 23.3 Å². The fraction of sp³-hybridized carbons (Fsp3) is 0.263. The number of carbonyl (C=O) groups is 2. The third kappa shape index (κ3) is 14.8. The van der Waals surface area contributed by atoms with Gasteiger partial charge in [-0.25, -0.2) is 16.8 Å². The number of aromatic amines is 2. The van der Waals surface area contributed by atoms with E-state index in [0.29, 0.717) is 83.7 Å². The zero-order valence-electron chi connectivity index (χ0n) is 44.5. The molecule has 2 aliphatic heterocycles. The number of aromatic nitrogens is 2. The molecular weight excluding hydrogens is 1120 g/mol. The molecule has 0 saturated carbocycles. The Morgan fingerprint density at radius 2 is 0.939 bits per heavy atom. The van der Waals surface area contributed by atoms with Crippen LogP contribution in [0, 0.1) is 6.92 Å². The highest BCUT2D eigenvalue weighted by atomic mass is 35.5. The molecule has 0 unspecified atom stereocenters. The first kappa shape index (κ1) is 58.4. The highest BCUT2D eigenvalue weighted by molar-refractivity contribution is 7.93. The number of anilines is 2. The molecule has 0 bridgehead atoms. The Balaban J connectivity index is 0.000000198. The summed E-state index contributed by atoms with van der Waals surface area (Å²) in [6, 6.07) is 39.0. The first-order chi connectivity index (χ1) is 39.6. The zero-order chi connectivity index (χ0) is 57.6. The van der Waals surface area contributed by atoms with Crippen LogP contribution in [0.25, 0.3) is 21.8 Å². The fourth-order valence-corrected chi connectivity index (χ4v) is 11.8. The summed E-state index contributed by atoms with van der Waals surface area (Å²) in [5, 5.41) is 37.2. The molecule has 0 aliphatic carbocycles. The van der Waals surface area contributed by atoms with Gasteiger partial charge >= 0.3 is 0 Å². The molecule has 82 heavy (non-hydrogen) atoms. The van der Waals surface area contributed by atoms with Gasteiger partial charge in [0.2, 0.25) is 11.8 Å². The number of hydrogen-bond acceptors (Lipinski definition) is 16. The Labute approximate surface area is 478 Å². The van der Waals surface area contributed by atoms with Crippen LogP contribution in [-0.2, 0) is 39.1 Å². The number of morpholine rings is 2. The van der Waals surface area contributed by atoms with Crippen LogP contribution in [0.15, 0.2) is 176 Å². The van der Waals surface area contributed by atoms with Gasteiger partial charge in [0.15, 0.2) is 11.4 Å². The molecule has 2 fully saturated rings. The number of rotatable bonds is 20. The second-order valence-corrected chi connectivity index (χ2v) is 23.0. The van der Waals surface area contributed by atoms with E-state index in [1.807, 2.05) is 6.92 Å². The maximum Gasteiger partial charge on any atom is 0.285 e. The van der Waals surface area contributed by atoms with Gasteiger partial charge in [-0.3, -0.25) is 28.0 Å². The second kappa shape index (κ2) is 27.0. The van der Waals surface area contributed by atoms with Crippen LogP contribution < -0.4 is 18.1 Å². The molecule has 4 heterocycles. The molecule has 0 radical (unpaired) electrons. The van der Waals surface area contributed by atoms with Gasteiger partial charge < -0.3 is 39.1 Å². The van der Waals surface area contributed by atoms with E-state index in [9.17, 15) is 36.6 Å². The summed E-state index contributed by atoms with van der Waals surface area (Å²) in [4.78, 5) is 35.8. The van der Waals surface area contributed by atoms with Gasteiger partial charge in [-0.2, -0.15) is 0 Å². The first-order valence-corrected chi connectivity index (χ1v) is 29.3. The number of hydrogen-bond donors (Lipinski definition) is 4. The van der Waals surface area contributed by atoms with Gasteiger partial charge in [0.05, 0.1) is 58.6 Å². The number of ether oxygens (including phenoxy) is 4.